The highest BCUT2D eigenvalue weighted by Crippen LogP contribution is 2.33. The summed E-state index contributed by atoms with van der Waals surface area (Å²) >= 11 is 1.35. The summed E-state index contributed by atoms with van der Waals surface area (Å²) in [5, 5.41) is 10.00. The van der Waals surface area contributed by atoms with E-state index >= 15 is 0 Å². The van der Waals surface area contributed by atoms with Gasteiger partial charge in [-0.3, -0.25) is 9.78 Å². The second kappa shape index (κ2) is 5.35. The zero-order valence-electron chi connectivity index (χ0n) is 10.8. The lowest BCUT2D eigenvalue weighted by Gasteiger charge is -2.31. The summed E-state index contributed by atoms with van der Waals surface area (Å²) in [5.41, 5.74) is 6.57. The second-order valence-electron chi connectivity index (χ2n) is 4.64. The van der Waals surface area contributed by atoms with Crippen LogP contribution in [0.5, 0.6) is 0 Å². The Balaban J connectivity index is 1.90. The number of pyridine rings is 1. The maximum atomic E-state index is 12.6. The van der Waals surface area contributed by atoms with Crippen LogP contribution in [0.3, 0.4) is 0 Å². The van der Waals surface area contributed by atoms with Crippen molar-refractivity contribution in [2.45, 2.75) is 6.10 Å². The number of aromatic nitrogens is 1. The van der Waals surface area contributed by atoms with Crippen LogP contribution in [0.1, 0.15) is 9.67 Å². The minimum atomic E-state index is -0.315. The average molecular weight is 293 g/mol. The van der Waals surface area contributed by atoms with Gasteiger partial charge in [0.05, 0.1) is 29.7 Å². The number of aliphatic hydroxyl groups excluding tert-OH is 1. The first-order chi connectivity index (χ1) is 9.70. The van der Waals surface area contributed by atoms with Gasteiger partial charge >= 0.3 is 0 Å². The van der Waals surface area contributed by atoms with Crippen molar-refractivity contribution in [2.24, 2.45) is 0 Å². The highest BCUT2D eigenvalue weighted by atomic mass is 32.1. The molecule has 20 heavy (non-hydrogen) atoms. The molecule has 1 fully saturated rings. The molecule has 0 spiro atoms. The maximum Gasteiger partial charge on any atom is 0.266 e. The van der Waals surface area contributed by atoms with Crippen LogP contribution in [0.15, 0.2) is 18.5 Å². The van der Waals surface area contributed by atoms with Gasteiger partial charge in [-0.1, -0.05) is 0 Å². The Morgan fingerprint density at radius 3 is 3.25 bits per heavy atom. The van der Waals surface area contributed by atoms with E-state index in [-0.39, 0.29) is 18.6 Å². The first-order valence-corrected chi connectivity index (χ1v) is 7.16. The SMILES string of the molecule is Nc1c(C(=O)N2CCOC(CO)C2)sc2cnccc12. The fraction of sp³-hybridized carbons (Fsp3) is 0.385. The molecule has 7 heteroatoms. The average Bonchev–Trinajstić information content (AvgIpc) is 2.84. The number of nitrogens with two attached hydrogens (primary N) is 1. The Hall–Kier alpha value is -1.70. The number of carbonyl (C=O) groups is 1. The molecule has 6 nitrogen and oxygen atoms in total. The van der Waals surface area contributed by atoms with Crippen LogP contribution < -0.4 is 5.73 Å². The molecule has 1 amide bonds. The summed E-state index contributed by atoms with van der Waals surface area (Å²) < 4.78 is 6.25. The predicted octanol–water partition coefficient (Wildman–Crippen LogP) is 0.712. The van der Waals surface area contributed by atoms with Gasteiger partial charge in [0, 0.05) is 30.9 Å². The van der Waals surface area contributed by atoms with Gasteiger partial charge in [0.1, 0.15) is 4.88 Å². The van der Waals surface area contributed by atoms with Crippen molar-refractivity contribution in [3.8, 4) is 0 Å². The van der Waals surface area contributed by atoms with Crippen molar-refractivity contribution in [2.75, 3.05) is 32.0 Å². The third-order valence-corrected chi connectivity index (χ3v) is 4.50. The van der Waals surface area contributed by atoms with E-state index in [9.17, 15) is 4.79 Å². The van der Waals surface area contributed by atoms with Crippen LogP contribution in [0.4, 0.5) is 5.69 Å². The Morgan fingerprint density at radius 2 is 2.50 bits per heavy atom. The normalized spacial score (nSPS) is 19.4. The molecule has 0 bridgehead atoms. The lowest BCUT2D eigenvalue weighted by molar-refractivity contribution is -0.0445. The van der Waals surface area contributed by atoms with Gasteiger partial charge in [-0.05, 0) is 6.07 Å². The summed E-state index contributed by atoms with van der Waals surface area (Å²) in [4.78, 5) is 18.8. The number of thiophene rings is 1. The lowest BCUT2D eigenvalue weighted by Crippen LogP contribution is -2.46. The van der Waals surface area contributed by atoms with E-state index in [1.54, 1.807) is 17.3 Å². The molecule has 106 valence electrons. The molecule has 1 atom stereocenters. The largest absolute Gasteiger partial charge is 0.397 e. The van der Waals surface area contributed by atoms with E-state index in [1.165, 1.54) is 11.3 Å². The van der Waals surface area contributed by atoms with Crippen LogP contribution in [-0.2, 0) is 4.74 Å². The Morgan fingerprint density at radius 1 is 1.65 bits per heavy atom. The molecule has 3 rings (SSSR count). The molecule has 0 saturated carbocycles. The number of ether oxygens (including phenoxy) is 1. The number of anilines is 1. The van der Waals surface area contributed by atoms with E-state index in [0.717, 1.165) is 10.1 Å². The molecule has 2 aromatic rings. The smallest absolute Gasteiger partial charge is 0.266 e. The fourth-order valence-electron chi connectivity index (χ4n) is 2.29. The van der Waals surface area contributed by atoms with Crippen LogP contribution in [0, 0.1) is 0 Å². The molecule has 1 saturated heterocycles. The molecule has 1 aliphatic rings. The predicted molar refractivity (Wildman–Crippen MR) is 76.8 cm³/mol. The first kappa shape index (κ1) is 13.3. The molecule has 0 aliphatic carbocycles. The molecule has 0 radical (unpaired) electrons. The maximum absolute atomic E-state index is 12.6. The quantitative estimate of drug-likeness (QED) is 0.851. The van der Waals surface area contributed by atoms with Crippen molar-refractivity contribution >= 4 is 33.0 Å². The Kier molecular flexibility index (Phi) is 3.56. The highest BCUT2D eigenvalue weighted by Gasteiger charge is 2.27. The highest BCUT2D eigenvalue weighted by molar-refractivity contribution is 7.21. The molecule has 0 aromatic carbocycles. The molecule has 2 aromatic heterocycles. The van der Waals surface area contributed by atoms with Gasteiger partial charge in [0.2, 0.25) is 0 Å². The van der Waals surface area contributed by atoms with Crippen LogP contribution in [-0.4, -0.2) is 53.3 Å². The number of nitrogens with zero attached hydrogens (tertiary/aromatic N) is 2. The number of aliphatic hydroxyl groups is 1. The minimum Gasteiger partial charge on any atom is -0.397 e. The van der Waals surface area contributed by atoms with Gasteiger partial charge in [-0.15, -0.1) is 11.3 Å². The molecule has 1 aliphatic heterocycles. The standard InChI is InChI=1S/C13H15N3O3S/c14-11-9-1-2-15-5-10(9)20-12(11)13(18)16-3-4-19-8(6-16)7-17/h1-2,5,8,17H,3-4,6-7,14H2. The monoisotopic (exact) mass is 293 g/mol. The number of amides is 1. The Bertz CT molecular complexity index is 643. The third-order valence-electron chi connectivity index (χ3n) is 3.36. The number of carbonyl (C=O) groups excluding carboxylic acids is 1. The number of rotatable bonds is 2. The van der Waals surface area contributed by atoms with Crippen molar-refractivity contribution < 1.29 is 14.6 Å². The lowest BCUT2D eigenvalue weighted by atomic mass is 10.2. The topological polar surface area (TPSA) is 88.7 Å². The zero-order chi connectivity index (χ0) is 14.1. The van der Waals surface area contributed by atoms with Gasteiger partial charge in [0.15, 0.2) is 0 Å². The number of morpholine rings is 1. The molecule has 3 N–H and O–H groups in total. The van der Waals surface area contributed by atoms with E-state index in [4.69, 9.17) is 15.6 Å². The van der Waals surface area contributed by atoms with E-state index in [0.29, 0.717) is 30.3 Å². The third kappa shape index (κ3) is 2.24. The minimum absolute atomic E-state index is 0.0877. The van der Waals surface area contributed by atoms with Crippen molar-refractivity contribution in [1.29, 1.82) is 0 Å². The molecule has 1 unspecified atom stereocenters. The number of nitrogen functional groups attached to an aromatic ring is 1. The summed E-state index contributed by atoms with van der Waals surface area (Å²) in [6, 6.07) is 1.81. The number of hydrogen-bond acceptors (Lipinski definition) is 6. The number of fused-ring (bicyclic) bond motifs is 1. The van der Waals surface area contributed by atoms with E-state index in [1.807, 2.05) is 6.07 Å². The second-order valence-corrected chi connectivity index (χ2v) is 5.70. The summed E-state index contributed by atoms with van der Waals surface area (Å²) in [6.45, 7) is 1.25. The molecular formula is C13H15N3O3S. The zero-order valence-corrected chi connectivity index (χ0v) is 11.6. The Labute approximate surface area is 119 Å². The van der Waals surface area contributed by atoms with Gasteiger partial charge < -0.3 is 20.5 Å². The van der Waals surface area contributed by atoms with Gasteiger partial charge in [-0.25, -0.2) is 0 Å². The van der Waals surface area contributed by atoms with Crippen molar-refractivity contribution in [3.63, 3.8) is 0 Å². The molecular weight excluding hydrogens is 278 g/mol. The van der Waals surface area contributed by atoms with E-state index in [2.05, 4.69) is 4.98 Å². The summed E-state index contributed by atoms with van der Waals surface area (Å²) in [6.07, 6.45) is 3.06. The van der Waals surface area contributed by atoms with Crippen molar-refractivity contribution in [3.05, 3.63) is 23.3 Å². The fourth-order valence-corrected chi connectivity index (χ4v) is 3.35. The summed E-state index contributed by atoms with van der Waals surface area (Å²) in [7, 11) is 0. The van der Waals surface area contributed by atoms with Crippen LogP contribution in [0.2, 0.25) is 0 Å². The van der Waals surface area contributed by atoms with Gasteiger partial charge in [0.25, 0.3) is 5.91 Å². The summed E-state index contributed by atoms with van der Waals surface area (Å²) in [5.74, 6) is -0.106. The first-order valence-electron chi connectivity index (χ1n) is 6.34. The molecule has 3 heterocycles. The number of hydrogen-bond donors (Lipinski definition) is 2. The van der Waals surface area contributed by atoms with Gasteiger partial charge in [-0.2, -0.15) is 0 Å². The van der Waals surface area contributed by atoms with Crippen LogP contribution in [0.25, 0.3) is 10.1 Å². The van der Waals surface area contributed by atoms with Crippen LogP contribution >= 0.6 is 11.3 Å². The van der Waals surface area contributed by atoms with E-state index < -0.39 is 0 Å². The van der Waals surface area contributed by atoms with Crippen molar-refractivity contribution in [1.82, 2.24) is 9.88 Å².